The molecule has 0 unspecified atom stereocenters. The monoisotopic (exact) mass is 487 g/mol. The maximum atomic E-state index is 13.1. The molecule has 6 nitrogen and oxygen atoms in total. The van der Waals surface area contributed by atoms with Crippen LogP contribution in [0.3, 0.4) is 0 Å². The molecule has 0 amide bonds. The number of rotatable bonds is 4. The van der Waals surface area contributed by atoms with Gasteiger partial charge in [-0.1, -0.05) is 35.3 Å². The van der Waals surface area contributed by atoms with Crippen molar-refractivity contribution in [1.82, 2.24) is 9.55 Å². The molecule has 4 aromatic rings. The van der Waals surface area contributed by atoms with E-state index in [1.807, 2.05) is 6.07 Å². The minimum atomic E-state index is -3.96. The Morgan fingerprint density at radius 1 is 0.906 bits per heavy atom. The SMILES string of the molecule is Cc1cc(S(=O)(=O)Nc2cc(-n3c(C)nc4ccccc4c3=O)ccc2Cl)c(C)cc1Cl. The van der Waals surface area contributed by atoms with Gasteiger partial charge < -0.3 is 0 Å². The summed E-state index contributed by atoms with van der Waals surface area (Å²) >= 11 is 12.4. The van der Waals surface area contributed by atoms with E-state index in [4.69, 9.17) is 23.2 Å². The second-order valence-corrected chi connectivity index (χ2v) is 9.92. The Labute approximate surface area is 195 Å². The number of aromatic nitrogens is 2. The molecule has 164 valence electrons. The molecule has 4 rings (SSSR count). The number of hydrogen-bond acceptors (Lipinski definition) is 4. The number of para-hydroxylation sites is 1. The third-order valence-corrected chi connectivity index (χ3v) is 7.39. The van der Waals surface area contributed by atoms with Gasteiger partial charge in [0.25, 0.3) is 15.6 Å². The number of aryl methyl sites for hydroxylation is 3. The van der Waals surface area contributed by atoms with Crippen molar-refractivity contribution in [3.8, 4) is 5.69 Å². The molecule has 1 aromatic heterocycles. The Bertz CT molecular complexity index is 1550. The van der Waals surface area contributed by atoms with Gasteiger partial charge >= 0.3 is 0 Å². The summed E-state index contributed by atoms with van der Waals surface area (Å²) in [5.74, 6) is 0.467. The fraction of sp³-hybridized carbons (Fsp3) is 0.130. The van der Waals surface area contributed by atoms with Gasteiger partial charge in [0.05, 0.1) is 32.2 Å². The van der Waals surface area contributed by atoms with Gasteiger partial charge in [-0.05, 0) is 74.4 Å². The lowest BCUT2D eigenvalue weighted by molar-refractivity contribution is 0.600. The Balaban J connectivity index is 1.82. The summed E-state index contributed by atoms with van der Waals surface area (Å²) in [6, 6.07) is 14.9. The fourth-order valence-corrected chi connectivity index (χ4v) is 5.34. The van der Waals surface area contributed by atoms with Crippen LogP contribution in [-0.2, 0) is 10.0 Å². The minimum Gasteiger partial charge on any atom is -0.278 e. The van der Waals surface area contributed by atoms with E-state index < -0.39 is 10.0 Å². The predicted octanol–water partition coefficient (Wildman–Crippen LogP) is 5.42. The van der Waals surface area contributed by atoms with Gasteiger partial charge in [-0.2, -0.15) is 0 Å². The van der Waals surface area contributed by atoms with Crippen molar-refractivity contribution in [2.75, 3.05) is 4.72 Å². The Kier molecular flexibility index (Phi) is 5.75. The molecule has 0 atom stereocenters. The summed E-state index contributed by atoms with van der Waals surface area (Å²) in [5.41, 5.74) is 2.07. The van der Waals surface area contributed by atoms with Gasteiger partial charge in [0, 0.05) is 5.02 Å². The first-order chi connectivity index (χ1) is 15.1. The van der Waals surface area contributed by atoms with Crippen LogP contribution in [0.15, 0.2) is 64.3 Å². The van der Waals surface area contributed by atoms with Gasteiger partial charge in [-0.15, -0.1) is 0 Å². The molecule has 0 saturated carbocycles. The normalized spacial score (nSPS) is 11.7. The van der Waals surface area contributed by atoms with Crippen molar-refractivity contribution < 1.29 is 8.42 Å². The first kappa shape index (κ1) is 22.3. The summed E-state index contributed by atoms with van der Waals surface area (Å²) in [7, 11) is -3.96. The summed E-state index contributed by atoms with van der Waals surface area (Å²) in [6.45, 7) is 5.12. The zero-order chi connectivity index (χ0) is 23.2. The number of halogens is 2. The summed E-state index contributed by atoms with van der Waals surface area (Å²) in [5, 5.41) is 1.14. The van der Waals surface area contributed by atoms with Crippen molar-refractivity contribution in [3.05, 3.63) is 91.9 Å². The molecular formula is C23H19Cl2N3O3S. The lowest BCUT2D eigenvalue weighted by atomic mass is 10.2. The molecule has 1 N–H and O–H groups in total. The van der Waals surface area contributed by atoms with E-state index in [2.05, 4.69) is 9.71 Å². The zero-order valence-corrected chi connectivity index (χ0v) is 19.8. The lowest BCUT2D eigenvalue weighted by Crippen LogP contribution is -2.22. The highest BCUT2D eigenvalue weighted by molar-refractivity contribution is 7.92. The average Bonchev–Trinajstić information content (AvgIpc) is 2.72. The number of benzene rings is 3. The number of nitrogens with one attached hydrogen (secondary N) is 1. The Morgan fingerprint density at radius 3 is 2.38 bits per heavy atom. The molecule has 0 fully saturated rings. The quantitative estimate of drug-likeness (QED) is 0.416. The van der Waals surface area contributed by atoms with Crippen LogP contribution in [0.1, 0.15) is 17.0 Å². The molecule has 0 aliphatic carbocycles. The standard InChI is InChI=1S/C23H19Cl2N3O3S/c1-13-11-22(14(2)10-19(13)25)32(30,31)27-21-12-16(8-9-18(21)24)28-15(3)26-20-7-5-4-6-17(20)23(28)29/h4-12,27H,1-3H3. The van der Waals surface area contributed by atoms with Crippen molar-refractivity contribution in [1.29, 1.82) is 0 Å². The maximum Gasteiger partial charge on any atom is 0.265 e. The van der Waals surface area contributed by atoms with Gasteiger partial charge in [-0.25, -0.2) is 13.4 Å². The van der Waals surface area contributed by atoms with E-state index in [-0.39, 0.29) is 21.2 Å². The van der Waals surface area contributed by atoms with E-state index in [1.165, 1.54) is 22.8 Å². The van der Waals surface area contributed by atoms with Gasteiger partial charge in [0.15, 0.2) is 0 Å². The van der Waals surface area contributed by atoms with Crippen molar-refractivity contribution in [2.45, 2.75) is 25.7 Å². The van der Waals surface area contributed by atoms with Crippen LogP contribution in [0.5, 0.6) is 0 Å². The molecule has 0 bridgehead atoms. The first-order valence-corrected chi connectivity index (χ1v) is 11.9. The van der Waals surface area contributed by atoms with Crippen LogP contribution in [0.4, 0.5) is 5.69 Å². The fourth-order valence-electron chi connectivity index (χ4n) is 3.52. The molecule has 0 aliphatic heterocycles. The number of hydrogen-bond donors (Lipinski definition) is 1. The van der Waals surface area contributed by atoms with E-state index >= 15 is 0 Å². The van der Waals surface area contributed by atoms with E-state index in [1.54, 1.807) is 51.1 Å². The molecular weight excluding hydrogens is 469 g/mol. The second kappa shape index (κ2) is 8.24. The molecule has 0 radical (unpaired) electrons. The van der Waals surface area contributed by atoms with Crippen LogP contribution in [0.25, 0.3) is 16.6 Å². The lowest BCUT2D eigenvalue weighted by Gasteiger charge is -2.16. The van der Waals surface area contributed by atoms with E-state index in [9.17, 15) is 13.2 Å². The average molecular weight is 488 g/mol. The smallest absolute Gasteiger partial charge is 0.265 e. The van der Waals surface area contributed by atoms with Crippen LogP contribution in [0, 0.1) is 20.8 Å². The van der Waals surface area contributed by atoms with Crippen molar-refractivity contribution in [2.24, 2.45) is 0 Å². The summed E-state index contributed by atoms with van der Waals surface area (Å²) < 4.78 is 30.2. The summed E-state index contributed by atoms with van der Waals surface area (Å²) in [4.78, 5) is 17.7. The molecule has 0 spiro atoms. The highest BCUT2D eigenvalue weighted by atomic mass is 35.5. The largest absolute Gasteiger partial charge is 0.278 e. The second-order valence-electron chi connectivity index (χ2n) is 7.45. The van der Waals surface area contributed by atoms with Gasteiger partial charge in [0.1, 0.15) is 5.82 Å². The van der Waals surface area contributed by atoms with Crippen LogP contribution in [0.2, 0.25) is 10.0 Å². The van der Waals surface area contributed by atoms with Crippen LogP contribution >= 0.6 is 23.2 Å². The zero-order valence-electron chi connectivity index (χ0n) is 17.5. The molecule has 32 heavy (non-hydrogen) atoms. The molecule has 0 aliphatic rings. The molecule has 0 saturated heterocycles. The molecule has 9 heteroatoms. The number of nitrogens with zero attached hydrogens (tertiary/aromatic N) is 2. The Morgan fingerprint density at radius 2 is 1.62 bits per heavy atom. The minimum absolute atomic E-state index is 0.0987. The van der Waals surface area contributed by atoms with Crippen LogP contribution in [-0.4, -0.2) is 18.0 Å². The number of anilines is 1. The van der Waals surface area contributed by atoms with Crippen molar-refractivity contribution in [3.63, 3.8) is 0 Å². The maximum absolute atomic E-state index is 13.1. The topological polar surface area (TPSA) is 81.1 Å². The number of fused-ring (bicyclic) bond motifs is 1. The van der Waals surface area contributed by atoms with Gasteiger partial charge in [0.2, 0.25) is 0 Å². The van der Waals surface area contributed by atoms with E-state index in [0.29, 0.717) is 38.6 Å². The highest BCUT2D eigenvalue weighted by Crippen LogP contribution is 2.30. The van der Waals surface area contributed by atoms with Crippen LogP contribution < -0.4 is 10.3 Å². The third-order valence-electron chi connectivity index (χ3n) is 5.14. The number of sulfonamides is 1. The summed E-state index contributed by atoms with van der Waals surface area (Å²) in [6.07, 6.45) is 0. The van der Waals surface area contributed by atoms with E-state index in [0.717, 1.165) is 0 Å². The van der Waals surface area contributed by atoms with Crippen molar-refractivity contribution >= 4 is 49.8 Å². The highest BCUT2D eigenvalue weighted by Gasteiger charge is 2.20. The Hall–Kier alpha value is -2.87. The first-order valence-electron chi connectivity index (χ1n) is 9.66. The predicted molar refractivity (Wildman–Crippen MR) is 129 cm³/mol. The third kappa shape index (κ3) is 3.99. The molecule has 1 heterocycles. The van der Waals surface area contributed by atoms with Gasteiger partial charge in [-0.3, -0.25) is 14.1 Å². The molecule has 3 aromatic carbocycles.